The van der Waals surface area contributed by atoms with Crippen LogP contribution in [0.4, 0.5) is 5.69 Å². The lowest BCUT2D eigenvalue weighted by atomic mass is 10.1. The van der Waals surface area contributed by atoms with Crippen molar-refractivity contribution in [2.45, 2.75) is 6.54 Å². The summed E-state index contributed by atoms with van der Waals surface area (Å²) in [6.07, 6.45) is 1.49. The standard InChI is InChI=1S/C24H18IN3O4/c25-16-7-8-17-18(11-16)19(24(32)28-23(17)31)13-26-12-14-6-9-20(21(29)10-14)27-22(30)15-4-2-1-3-5-15/h1-11,13,29H,12H2,(H,27,30)(H2,28,31,32). The van der Waals surface area contributed by atoms with E-state index < -0.39 is 0 Å². The van der Waals surface area contributed by atoms with E-state index >= 15 is 0 Å². The lowest BCUT2D eigenvalue weighted by molar-refractivity contribution is 0.102. The number of hydrogen-bond donors (Lipinski definition) is 4. The van der Waals surface area contributed by atoms with Crippen LogP contribution in [-0.2, 0) is 6.54 Å². The number of fused-ring (bicyclic) bond motifs is 1. The number of aromatic hydroxyl groups is 2. The van der Waals surface area contributed by atoms with Crippen molar-refractivity contribution in [3.8, 4) is 11.6 Å². The van der Waals surface area contributed by atoms with Gasteiger partial charge in [-0.3, -0.25) is 19.6 Å². The van der Waals surface area contributed by atoms with Crippen LogP contribution in [0.3, 0.4) is 0 Å². The summed E-state index contributed by atoms with van der Waals surface area (Å²) in [5, 5.41) is 24.2. The number of carbonyl (C=O) groups excluding carboxylic acids is 1. The van der Waals surface area contributed by atoms with E-state index in [4.69, 9.17) is 0 Å². The van der Waals surface area contributed by atoms with Crippen molar-refractivity contribution in [2.24, 2.45) is 4.99 Å². The molecule has 0 atom stereocenters. The van der Waals surface area contributed by atoms with Crippen LogP contribution in [0, 0.1) is 3.57 Å². The molecule has 160 valence electrons. The highest BCUT2D eigenvalue weighted by Crippen LogP contribution is 2.26. The van der Waals surface area contributed by atoms with Crippen LogP contribution >= 0.6 is 22.6 Å². The highest BCUT2D eigenvalue weighted by Gasteiger charge is 2.11. The van der Waals surface area contributed by atoms with Crippen molar-refractivity contribution in [1.82, 2.24) is 4.98 Å². The van der Waals surface area contributed by atoms with E-state index in [1.807, 2.05) is 18.2 Å². The predicted octanol–water partition coefficient (Wildman–Crippen LogP) is 4.42. The number of benzene rings is 3. The number of H-pyrrole nitrogens is 1. The largest absolute Gasteiger partial charge is 0.506 e. The molecule has 1 amide bonds. The van der Waals surface area contributed by atoms with Gasteiger partial charge in [-0.25, -0.2) is 0 Å². The monoisotopic (exact) mass is 539 g/mol. The Kier molecular flexibility index (Phi) is 6.22. The second kappa shape index (κ2) is 9.23. The second-order valence-electron chi connectivity index (χ2n) is 7.05. The van der Waals surface area contributed by atoms with E-state index in [1.54, 1.807) is 42.5 Å². The first-order valence-electron chi connectivity index (χ1n) is 9.65. The third-order valence-electron chi connectivity index (χ3n) is 4.84. The SMILES string of the molecule is O=C(Nc1ccc(CN=Cc2c(O)[nH]c(=O)c3ccc(I)cc23)cc1O)c1ccccc1. The summed E-state index contributed by atoms with van der Waals surface area (Å²) in [5.74, 6) is -0.648. The summed E-state index contributed by atoms with van der Waals surface area (Å²) in [6.45, 7) is 0.227. The number of hydrogen-bond acceptors (Lipinski definition) is 5. The molecule has 0 bridgehead atoms. The van der Waals surface area contributed by atoms with E-state index in [0.29, 0.717) is 33.2 Å². The number of phenols is 1. The number of phenolic OH excluding ortho intramolecular Hbond substituents is 1. The predicted molar refractivity (Wildman–Crippen MR) is 133 cm³/mol. The number of pyridine rings is 1. The van der Waals surface area contributed by atoms with Crippen LogP contribution in [-0.4, -0.2) is 27.3 Å². The number of aromatic amines is 1. The minimum absolute atomic E-state index is 0.0751. The van der Waals surface area contributed by atoms with Gasteiger partial charge in [-0.15, -0.1) is 0 Å². The molecule has 7 nitrogen and oxygen atoms in total. The molecule has 0 saturated carbocycles. The Morgan fingerprint density at radius 3 is 2.56 bits per heavy atom. The fourth-order valence-corrected chi connectivity index (χ4v) is 3.74. The van der Waals surface area contributed by atoms with Gasteiger partial charge in [-0.05, 0) is 70.6 Å². The first kappa shape index (κ1) is 21.6. The van der Waals surface area contributed by atoms with Crippen LogP contribution in [0.2, 0.25) is 0 Å². The number of carbonyl (C=O) groups is 1. The van der Waals surface area contributed by atoms with Crippen molar-refractivity contribution < 1.29 is 15.0 Å². The lowest BCUT2D eigenvalue weighted by Crippen LogP contribution is -2.11. The molecule has 0 aliphatic rings. The van der Waals surface area contributed by atoms with Crippen molar-refractivity contribution in [3.63, 3.8) is 0 Å². The minimum atomic E-state index is -0.371. The first-order valence-corrected chi connectivity index (χ1v) is 10.7. The number of amides is 1. The molecule has 1 aromatic heterocycles. The lowest BCUT2D eigenvalue weighted by Gasteiger charge is -2.09. The molecule has 0 spiro atoms. The number of halogens is 1. The Bertz CT molecular complexity index is 1400. The molecule has 4 aromatic rings. The Hall–Kier alpha value is -3.66. The van der Waals surface area contributed by atoms with Crippen LogP contribution in [0.1, 0.15) is 21.5 Å². The average Bonchev–Trinajstić information content (AvgIpc) is 2.78. The van der Waals surface area contributed by atoms with Gasteiger partial charge in [0.05, 0.1) is 17.8 Å². The summed E-state index contributed by atoms with van der Waals surface area (Å²) >= 11 is 2.14. The Morgan fingerprint density at radius 1 is 1.03 bits per heavy atom. The van der Waals surface area contributed by atoms with Crippen LogP contribution in [0.25, 0.3) is 10.8 Å². The van der Waals surface area contributed by atoms with E-state index in [1.165, 1.54) is 12.3 Å². The molecule has 0 aliphatic carbocycles. The molecule has 0 unspecified atom stereocenters. The van der Waals surface area contributed by atoms with Crippen molar-refractivity contribution in [3.05, 3.63) is 97.3 Å². The van der Waals surface area contributed by atoms with Gasteiger partial charge >= 0.3 is 0 Å². The molecule has 0 saturated heterocycles. The van der Waals surface area contributed by atoms with E-state index in [2.05, 4.69) is 37.9 Å². The van der Waals surface area contributed by atoms with Crippen molar-refractivity contribution in [2.75, 3.05) is 5.32 Å². The average molecular weight is 539 g/mol. The number of nitrogens with one attached hydrogen (secondary N) is 2. The quantitative estimate of drug-likeness (QED) is 0.171. The molecule has 3 aromatic carbocycles. The Labute approximate surface area is 196 Å². The zero-order valence-corrected chi connectivity index (χ0v) is 18.8. The summed E-state index contributed by atoms with van der Waals surface area (Å²) in [7, 11) is 0. The van der Waals surface area contributed by atoms with Crippen LogP contribution < -0.4 is 10.9 Å². The van der Waals surface area contributed by atoms with Gasteiger partial charge in [0.1, 0.15) is 5.75 Å². The normalized spacial score (nSPS) is 11.2. The summed E-state index contributed by atoms with van der Waals surface area (Å²) < 4.78 is 0.924. The van der Waals surface area contributed by atoms with Gasteiger partial charge in [0.15, 0.2) is 0 Å². The number of rotatable bonds is 5. The van der Waals surface area contributed by atoms with E-state index in [0.717, 1.165) is 3.57 Å². The number of aromatic nitrogens is 1. The smallest absolute Gasteiger partial charge is 0.258 e. The molecule has 8 heteroatoms. The van der Waals surface area contributed by atoms with Gasteiger partial charge in [-0.2, -0.15) is 0 Å². The topological polar surface area (TPSA) is 115 Å². The van der Waals surface area contributed by atoms with Gasteiger partial charge in [0.2, 0.25) is 5.88 Å². The fourth-order valence-electron chi connectivity index (χ4n) is 3.25. The van der Waals surface area contributed by atoms with E-state index in [-0.39, 0.29) is 29.6 Å². The zero-order chi connectivity index (χ0) is 22.7. The van der Waals surface area contributed by atoms with Crippen LogP contribution in [0.5, 0.6) is 11.6 Å². The third-order valence-corrected chi connectivity index (χ3v) is 5.52. The molecule has 32 heavy (non-hydrogen) atoms. The maximum absolute atomic E-state index is 12.3. The van der Waals surface area contributed by atoms with Gasteiger partial charge < -0.3 is 15.5 Å². The van der Waals surface area contributed by atoms with Gasteiger partial charge in [-0.1, -0.05) is 24.3 Å². The molecular formula is C24H18IN3O4. The molecular weight excluding hydrogens is 521 g/mol. The minimum Gasteiger partial charge on any atom is -0.506 e. The van der Waals surface area contributed by atoms with Crippen molar-refractivity contribution >= 4 is 51.2 Å². The van der Waals surface area contributed by atoms with Crippen molar-refractivity contribution in [1.29, 1.82) is 0 Å². The maximum Gasteiger partial charge on any atom is 0.258 e. The van der Waals surface area contributed by atoms with Crippen LogP contribution in [0.15, 0.2) is 76.5 Å². The maximum atomic E-state index is 12.3. The summed E-state index contributed by atoms with van der Waals surface area (Å²) in [6, 6.07) is 18.9. The first-order chi connectivity index (χ1) is 15.4. The highest BCUT2D eigenvalue weighted by molar-refractivity contribution is 14.1. The van der Waals surface area contributed by atoms with E-state index in [9.17, 15) is 19.8 Å². The fraction of sp³-hybridized carbons (Fsp3) is 0.0417. The highest BCUT2D eigenvalue weighted by atomic mass is 127. The summed E-state index contributed by atoms with van der Waals surface area (Å²) in [4.78, 5) is 31.1. The Morgan fingerprint density at radius 2 is 1.81 bits per heavy atom. The molecule has 0 fully saturated rings. The number of anilines is 1. The molecule has 1 heterocycles. The zero-order valence-electron chi connectivity index (χ0n) is 16.7. The molecule has 0 radical (unpaired) electrons. The molecule has 0 aliphatic heterocycles. The molecule has 4 N–H and O–H groups in total. The Balaban J connectivity index is 1.52. The molecule has 4 rings (SSSR count). The van der Waals surface area contributed by atoms with Gasteiger partial charge in [0, 0.05) is 26.1 Å². The number of nitrogens with zero attached hydrogens (tertiary/aromatic N) is 1. The third kappa shape index (κ3) is 4.65. The second-order valence-corrected chi connectivity index (χ2v) is 8.29. The van der Waals surface area contributed by atoms with Gasteiger partial charge in [0.25, 0.3) is 11.5 Å². The summed E-state index contributed by atoms with van der Waals surface area (Å²) in [5.41, 5.74) is 1.53. The number of aliphatic imine (C=N–C) groups is 1.